The number of nitrogens with zero attached hydrogens (tertiary/aromatic N) is 2. The minimum atomic E-state index is -3.08. The first kappa shape index (κ1) is 15.2. The second kappa shape index (κ2) is 6.08. The number of nitrogens with one attached hydrogen (secondary N) is 1. The summed E-state index contributed by atoms with van der Waals surface area (Å²) in [5, 5.41) is 3.28. The van der Waals surface area contributed by atoms with Crippen molar-refractivity contribution in [1.29, 1.82) is 0 Å². The molecule has 0 atom stereocenters. The van der Waals surface area contributed by atoms with Crippen molar-refractivity contribution in [2.24, 2.45) is 5.41 Å². The molecule has 0 aromatic rings. The Balaban J connectivity index is 1.87. The molecule has 1 N–H and O–H groups in total. The van der Waals surface area contributed by atoms with Gasteiger partial charge in [0.2, 0.25) is 10.0 Å². The quantitative estimate of drug-likeness (QED) is 0.811. The summed E-state index contributed by atoms with van der Waals surface area (Å²) in [5.74, 6) is 0.267. The van der Waals surface area contributed by atoms with Crippen molar-refractivity contribution in [3.05, 3.63) is 0 Å². The minimum absolute atomic E-state index is 0.125. The lowest BCUT2D eigenvalue weighted by molar-refractivity contribution is 0.185. The Kier molecular flexibility index (Phi) is 4.87. The van der Waals surface area contributed by atoms with Crippen molar-refractivity contribution >= 4 is 10.0 Å². The monoisotopic (exact) mass is 289 g/mol. The third-order valence-electron chi connectivity index (χ3n) is 4.13. The van der Waals surface area contributed by atoms with E-state index in [2.05, 4.69) is 24.1 Å². The third-order valence-corrected chi connectivity index (χ3v) is 5.93. The van der Waals surface area contributed by atoms with Gasteiger partial charge in [-0.15, -0.1) is 0 Å². The second-order valence-corrected chi connectivity index (χ2v) is 8.60. The van der Waals surface area contributed by atoms with Crippen LogP contribution in [0.5, 0.6) is 0 Å². The van der Waals surface area contributed by atoms with Crippen molar-refractivity contribution in [2.75, 3.05) is 51.6 Å². The predicted octanol–water partition coefficient (Wildman–Crippen LogP) is 0.343. The highest BCUT2D eigenvalue weighted by Crippen LogP contribution is 2.29. The van der Waals surface area contributed by atoms with E-state index >= 15 is 0 Å². The van der Waals surface area contributed by atoms with Crippen molar-refractivity contribution in [3.8, 4) is 0 Å². The summed E-state index contributed by atoms with van der Waals surface area (Å²) in [7, 11) is -3.08. The molecule has 0 unspecified atom stereocenters. The van der Waals surface area contributed by atoms with Gasteiger partial charge in [-0.3, -0.25) is 4.90 Å². The van der Waals surface area contributed by atoms with Crippen molar-refractivity contribution in [1.82, 2.24) is 14.5 Å². The second-order valence-electron chi connectivity index (χ2n) is 6.51. The average Bonchev–Trinajstić information content (AvgIpc) is 2.37. The highest BCUT2D eigenvalue weighted by Gasteiger charge is 2.33. The molecule has 2 aliphatic heterocycles. The van der Waals surface area contributed by atoms with E-state index in [0.29, 0.717) is 19.6 Å². The predicted molar refractivity (Wildman–Crippen MR) is 77.7 cm³/mol. The van der Waals surface area contributed by atoms with Gasteiger partial charge in [0.1, 0.15) is 0 Å². The molecular formula is C13H27N3O2S. The average molecular weight is 289 g/mol. The molecule has 0 aromatic carbocycles. The van der Waals surface area contributed by atoms with Crippen LogP contribution in [0.1, 0.15) is 26.7 Å². The molecule has 6 heteroatoms. The Labute approximate surface area is 117 Å². The summed E-state index contributed by atoms with van der Waals surface area (Å²) in [4.78, 5) is 2.24. The van der Waals surface area contributed by atoms with Gasteiger partial charge in [0, 0.05) is 45.8 Å². The Morgan fingerprint density at radius 1 is 1.16 bits per heavy atom. The Hall–Kier alpha value is -0.170. The molecule has 2 saturated heterocycles. The van der Waals surface area contributed by atoms with Gasteiger partial charge in [0.25, 0.3) is 0 Å². The zero-order valence-corrected chi connectivity index (χ0v) is 13.0. The molecule has 2 aliphatic rings. The van der Waals surface area contributed by atoms with E-state index in [1.165, 1.54) is 0 Å². The van der Waals surface area contributed by atoms with Crippen LogP contribution in [0.25, 0.3) is 0 Å². The molecule has 0 amide bonds. The van der Waals surface area contributed by atoms with Gasteiger partial charge in [-0.1, -0.05) is 13.8 Å². The zero-order chi connectivity index (χ0) is 13.9. The van der Waals surface area contributed by atoms with Gasteiger partial charge in [-0.05, 0) is 18.3 Å². The number of hydrogen-bond donors (Lipinski definition) is 1. The Morgan fingerprint density at radius 2 is 1.84 bits per heavy atom. The van der Waals surface area contributed by atoms with E-state index in [1.807, 2.05) is 0 Å². The molecule has 0 bridgehead atoms. The van der Waals surface area contributed by atoms with Gasteiger partial charge in [0.05, 0.1) is 5.75 Å². The SMILES string of the molecule is CC1(C)CCCN(S(=O)(=O)CCN2CCNCC2)C1. The van der Waals surface area contributed by atoms with E-state index in [0.717, 1.165) is 39.0 Å². The molecule has 2 fully saturated rings. The summed E-state index contributed by atoms with van der Waals surface area (Å²) >= 11 is 0. The zero-order valence-electron chi connectivity index (χ0n) is 12.2. The molecule has 0 aliphatic carbocycles. The number of rotatable bonds is 4. The molecule has 2 heterocycles. The van der Waals surface area contributed by atoms with Gasteiger partial charge in [-0.2, -0.15) is 0 Å². The molecule has 2 rings (SSSR count). The lowest BCUT2D eigenvalue weighted by Gasteiger charge is -2.37. The Bertz CT molecular complexity index is 389. The van der Waals surface area contributed by atoms with Crippen LogP contribution in [0, 0.1) is 5.41 Å². The van der Waals surface area contributed by atoms with Crippen LogP contribution in [0.4, 0.5) is 0 Å². The third kappa shape index (κ3) is 4.41. The van der Waals surface area contributed by atoms with Crippen molar-refractivity contribution < 1.29 is 8.42 Å². The molecule has 0 saturated carbocycles. The molecule has 0 spiro atoms. The fourth-order valence-corrected chi connectivity index (χ4v) is 4.62. The Morgan fingerprint density at radius 3 is 2.47 bits per heavy atom. The normalized spacial score (nSPS) is 26.4. The molecule has 112 valence electrons. The van der Waals surface area contributed by atoms with Crippen LogP contribution < -0.4 is 5.32 Å². The van der Waals surface area contributed by atoms with Crippen LogP contribution in [-0.4, -0.2) is 69.2 Å². The number of piperazine rings is 1. The van der Waals surface area contributed by atoms with E-state index in [1.54, 1.807) is 4.31 Å². The number of sulfonamides is 1. The first-order valence-corrected chi connectivity index (χ1v) is 8.91. The van der Waals surface area contributed by atoms with Crippen LogP contribution in [0.3, 0.4) is 0 Å². The summed E-state index contributed by atoms with van der Waals surface area (Å²) in [6.45, 7) is 10.2. The summed E-state index contributed by atoms with van der Waals surface area (Å²) in [6, 6.07) is 0. The van der Waals surface area contributed by atoms with E-state index in [4.69, 9.17) is 0 Å². The molecule has 0 aromatic heterocycles. The van der Waals surface area contributed by atoms with Gasteiger partial charge in [-0.25, -0.2) is 12.7 Å². The number of hydrogen-bond acceptors (Lipinski definition) is 4. The molecule has 19 heavy (non-hydrogen) atoms. The summed E-state index contributed by atoms with van der Waals surface area (Å²) in [5.41, 5.74) is 0.125. The van der Waals surface area contributed by atoms with Crippen molar-refractivity contribution in [2.45, 2.75) is 26.7 Å². The first-order chi connectivity index (χ1) is 8.89. The molecular weight excluding hydrogens is 262 g/mol. The van der Waals surface area contributed by atoms with Crippen LogP contribution in [-0.2, 0) is 10.0 Å². The first-order valence-electron chi connectivity index (χ1n) is 7.30. The van der Waals surface area contributed by atoms with Crippen molar-refractivity contribution in [3.63, 3.8) is 0 Å². The van der Waals surface area contributed by atoms with E-state index < -0.39 is 10.0 Å². The largest absolute Gasteiger partial charge is 0.314 e. The van der Waals surface area contributed by atoms with E-state index in [9.17, 15) is 8.42 Å². The fraction of sp³-hybridized carbons (Fsp3) is 1.00. The van der Waals surface area contributed by atoms with Crippen LogP contribution in [0.15, 0.2) is 0 Å². The molecule has 5 nitrogen and oxygen atoms in total. The number of piperidine rings is 1. The maximum atomic E-state index is 12.4. The van der Waals surface area contributed by atoms with Crippen LogP contribution in [0.2, 0.25) is 0 Å². The molecule has 0 radical (unpaired) electrons. The minimum Gasteiger partial charge on any atom is -0.314 e. The summed E-state index contributed by atoms with van der Waals surface area (Å²) in [6.07, 6.45) is 2.11. The highest BCUT2D eigenvalue weighted by molar-refractivity contribution is 7.89. The van der Waals surface area contributed by atoms with E-state index in [-0.39, 0.29) is 11.2 Å². The standard InChI is InChI=1S/C13H27N3O2S/c1-13(2)4-3-7-16(12-13)19(17,18)11-10-15-8-5-14-6-9-15/h14H,3-12H2,1-2H3. The van der Waals surface area contributed by atoms with Crippen LogP contribution >= 0.6 is 0 Å². The lowest BCUT2D eigenvalue weighted by Crippen LogP contribution is -2.48. The fourth-order valence-electron chi connectivity index (χ4n) is 2.92. The smallest absolute Gasteiger partial charge is 0.215 e. The summed E-state index contributed by atoms with van der Waals surface area (Å²) < 4.78 is 26.5. The van der Waals surface area contributed by atoms with Gasteiger partial charge >= 0.3 is 0 Å². The topological polar surface area (TPSA) is 52.7 Å². The van der Waals surface area contributed by atoms with Gasteiger partial charge in [0.15, 0.2) is 0 Å². The maximum Gasteiger partial charge on any atom is 0.215 e. The van der Waals surface area contributed by atoms with Gasteiger partial charge < -0.3 is 5.32 Å². The lowest BCUT2D eigenvalue weighted by atomic mass is 9.85. The highest BCUT2D eigenvalue weighted by atomic mass is 32.2. The maximum absolute atomic E-state index is 12.4.